The van der Waals surface area contributed by atoms with Crippen LogP contribution in [0.3, 0.4) is 0 Å². The number of carbonyl (C=O) groups is 3. The summed E-state index contributed by atoms with van der Waals surface area (Å²) in [5.41, 5.74) is -1.32. The number of rotatable bonds is 16. The van der Waals surface area contributed by atoms with Gasteiger partial charge in [0.1, 0.15) is 0 Å². The van der Waals surface area contributed by atoms with Crippen LogP contribution in [0.1, 0.15) is 19.3 Å². The first kappa shape index (κ1) is 25.6. The van der Waals surface area contributed by atoms with Gasteiger partial charge in [0.2, 0.25) is 0 Å². The average molecular weight is 405 g/mol. The fourth-order valence-corrected chi connectivity index (χ4v) is 1.86. The second-order valence-electron chi connectivity index (χ2n) is 5.51. The molecule has 0 aromatic heterocycles. The number of nitrogens with zero attached hydrogens (tertiary/aromatic N) is 1. The van der Waals surface area contributed by atoms with E-state index < -0.39 is 23.5 Å². The first-order valence-corrected chi connectivity index (χ1v) is 8.43. The third kappa shape index (κ3) is 12.1. The molecule has 0 spiro atoms. The second kappa shape index (κ2) is 15.6. The van der Waals surface area contributed by atoms with E-state index in [0.717, 1.165) is 0 Å². The lowest BCUT2D eigenvalue weighted by Crippen LogP contribution is -2.46. The lowest BCUT2D eigenvalue weighted by molar-refractivity contribution is -0.150. The summed E-state index contributed by atoms with van der Waals surface area (Å²) in [7, 11) is 3.78. The van der Waals surface area contributed by atoms with E-state index in [2.05, 4.69) is 14.2 Å². The lowest BCUT2D eigenvalue weighted by Gasteiger charge is -2.30. The SMILES string of the molecule is COC(=O)CCOCC(COCCC(=O)OC)(COCCC(=O)OC)OC#N. The molecule has 0 unspecified atom stereocenters. The Morgan fingerprint density at radius 3 is 1.29 bits per heavy atom. The van der Waals surface area contributed by atoms with Gasteiger partial charge >= 0.3 is 17.9 Å². The van der Waals surface area contributed by atoms with Crippen molar-refractivity contribution in [2.45, 2.75) is 24.9 Å². The summed E-state index contributed by atoms with van der Waals surface area (Å²) in [6.45, 7) is -0.287. The van der Waals surface area contributed by atoms with Crippen LogP contribution in [0.15, 0.2) is 0 Å². The quantitative estimate of drug-likeness (QED) is 0.148. The first-order chi connectivity index (χ1) is 13.4. The summed E-state index contributed by atoms with van der Waals surface area (Å²) < 4.78 is 34.9. The zero-order chi connectivity index (χ0) is 21.3. The summed E-state index contributed by atoms with van der Waals surface area (Å²) in [4.78, 5) is 33.4. The van der Waals surface area contributed by atoms with Crippen LogP contribution in [0.25, 0.3) is 0 Å². The topological polar surface area (TPSA) is 140 Å². The largest absolute Gasteiger partial charge is 0.469 e. The molecule has 0 rings (SSSR count). The van der Waals surface area contributed by atoms with E-state index in [4.69, 9.17) is 24.2 Å². The number of nitriles is 1. The van der Waals surface area contributed by atoms with Crippen LogP contribution in [0.5, 0.6) is 0 Å². The van der Waals surface area contributed by atoms with Crippen LogP contribution in [0.4, 0.5) is 0 Å². The number of ether oxygens (including phenoxy) is 7. The lowest BCUT2D eigenvalue weighted by atomic mass is 10.1. The van der Waals surface area contributed by atoms with Gasteiger partial charge in [-0.2, -0.15) is 5.26 Å². The number of methoxy groups -OCH3 is 3. The Morgan fingerprint density at radius 2 is 1.04 bits per heavy atom. The Kier molecular flexibility index (Phi) is 14.3. The van der Waals surface area contributed by atoms with E-state index in [1.165, 1.54) is 21.3 Å². The van der Waals surface area contributed by atoms with Gasteiger partial charge in [-0.05, 0) is 0 Å². The molecule has 11 heteroatoms. The number of esters is 3. The van der Waals surface area contributed by atoms with Crippen molar-refractivity contribution in [3.8, 4) is 6.26 Å². The Balaban J connectivity index is 4.73. The minimum atomic E-state index is -1.32. The molecule has 0 aliphatic rings. The normalized spacial score (nSPS) is 10.6. The van der Waals surface area contributed by atoms with Gasteiger partial charge in [0.15, 0.2) is 5.60 Å². The zero-order valence-electron chi connectivity index (χ0n) is 16.4. The van der Waals surface area contributed by atoms with E-state index >= 15 is 0 Å². The van der Waals surface area contributed by atoms with Crippen molar-refractivity contribution in [1.82, 2.24) is 0 Å². The van der Waals surface area contributed by atoms with Crippen molar-refractivity contribution in [3.63, 3.8) is 0 Å². The highest BCUT2D eigenvalue weighted by atomic mass is 16.6. The van der Waals surface area contributed by atoms with Crippen molar-refractivity contribution in [3.05, 3.63) is 0 Å². The molecule has 0 fully saturated rings. The van der Waals surface area contributed by atoms with Crippen molar-refractivity contribution in [1.29, 1.82) is 5.26 Å². The molecule has 0 saturated carbocycles. The maximum Gasteiger partial charge on any atom is 0.307 e. The number of hydrogen-bond donors (Lipinski definition) is 0. The monoisotopic (exact) mass is 405 g/mol. The minimum absolute atomic E-state index is 0.0194. The summed E-state index contributed by atoms with van der Waals surface area (Å²) >= 11 is 0. The van der Waals surface area contributed by atoms with Crippen LogP contribution in [0, 0.1) is 11.5 Å². The van der Waals surface area contributed by atoms with Gasteiger partial charge in [-0.15, -0.1) is 0 Å². The van der Waals surface area contributed by atoms with Gasteiger partial charge in [-0.25, -0.2) is 0 Å². The zero-order valence-corrected chi connectivity index (χ0v) is 16.4. The van der Waals surface area contributed by atoms with E-state index in [1.54, 1.807) is 6.26 Å². The molecule has 0 bridgehead atoms. The second-order valence-corrected chi connectivity index (χ2v) is 5.51. The maximum absolute atomic E-state index is 11.1. The van der Waals surface area contributed by atoms with Gasteiger partial charge in [-0.1, -0.05) is 0 Å². The molecule has 0 aromatic rings. The van der Waals surface area contributed by atoms with Crippen LogP contribution < -0.4 is 0 Å². The summed E-state index contributed by atoms with van der Waals surface area (Å²) in [6, 6.07) is 0. The van der Waals surface area contributed by atoms with E-state index in [9.17, 15) is 14.4 Å². The van der Waals surface area contributed by atoms with Gasteiger partial charge in [0.25, 0.3) is 6.26 Å². The maximum atomic E-state index is 11.1. The highest BCUT2D eigenvalue weighted by Crippen LogP contribution is 2.15. The Hall–Kier alpha value is -2.42. The predicted octanol–water partition coefficient (Wildman–Crippen LogP) is -0.0380. The first-order valence-electron chi connectivity index (χ1n) is 8.43. The van der Waals surface area contributed by atoms with Crippen LogP contribution in [-0.2, 0) is 47.5 Å². The van der Waals surface area contributed by atoms with Crippen molar-refractivity contribution >= 4 is 17.9 Å². The van der Waals surface area contributed by atoms with Crippen LogP contribution >= 0.6 is 0 Å². The van der Waals surface area contributed by atoms with Crippen LogP contribution in [0.2, 0.25) is 0 Å². The van der Waals surface area contributed by atoms with Gasteiger partial charge < -0.3 is 33.2 Å². The molecule has 0 aromatic carbocycles. The van der Waals surface area contributed by atoms with Crippen LogP contribution in [-0.4, -0.2) is 84.5 Å². The molecule has 0 atom stereocenters. The molecule has 0 saturated heterocycles. The standard InChI is InChI=1S/C17H27NO10/c1-22-14(19)4-7-25-10-17(28-13-18,11-26-8-5-15(20)23-2)12-27-9-6-16(21)24-3/h4-12H2,1-3H3. The van der Waals surface area contributed by atoms with Crippen molar-refractivity contribution in [2.75, 3.05) is 61.0 Å². The molecule has 11 nitrogen and oxygen atoms in total. The van der Waals surface area contributed by atoms with Gasteiger partial charge in [-0.3, -0.25) is 14.4 Å². The highest BCUT2D eigenvalue weighted by Gasteiger charge is 2.35. The van der Waals surface area contributed by atoms with Gasteiger partial charge in [0, 0.05) is 0 Å². The Morgan fingerprint density at radius 1 is 0.714 bits per heavy atom. The Labute approximate surface area is 163 Å². The molecule has 160 valence electrons. The third-order valence-electron chi connectivity index (χ3n) is 3.39. The molecule has 0 N–H and O–H groups in total. The van der Waals surface area contributed by atoms with Crippen molar-refractivity contribution in [2.24, 2.45) is 0 Å². The molecular formula is C17H27NO10. The smallest absolute Gasteiger partial charge is 0.307 e. The van der Waals surface area contributed by atoms with E-state index in [1.807, 2.05) is 0 Å². The average Bonchev–Trinajstić information content (AvgIpc) is 2.71. The molecule has 28 heavy (non-hydrogen) atoms. The summed E-state index contributed by atoms with van der Waals surface area (Å²) in [6.07, 6.45) is 1.63. The Bertz CT molecular complexity index is 457. The molecule has 0 heterocycles. The van der Waals surface area contributed by atoms with E-state index in [-0.39, 0.29) is 58.9 Å². The predicted molar refractivity (Wildman–Crippen MR) is 91.8 cm³/mol. The molecule has 0 radical (unpaired) electrons. The number of hydrogen-bond acceptors (Lipinski definition) is 11. The molecule has 0 aliphatic heterocycles. The fraction of sp³-hybridized carbons (Fsp3) is 0.765. The molecular weight excluding hydrogens is 378 g/mol. The minimum Gasteiger partial charge on any atom is -0.469 e. The van der Waals surface area contributed by atoms with Gasteiger partial charge in [0.05, 0.1) is 80.2 Å². The van der Waals surface area contributed by atoms with E-state index in [0.29, 0.717) is 0 Å². The summed E-state index contributed by atoms with van der Waals surface area (Å²) in [5, 5.41) is 8.99. The number of carbonyl (C=O) groups excluding carboxylic acids is 3. The molecule has 0 aliphatic carbocycles. The fourth-order valence-electron chi connectivity index (χ4n) is 1.86. The highest BCUT2D eigenvalue weighted by molar-refractivity contribution is 5.69. The van der Waals surface area contributed by atoms with Crippen molar-refractivity contribution < 1.29 is 47.5 Å². The third-order valence-corrected chi connectivity index (χ3v) is 3.39. The molecule has 0 amide bonds. The summed E-state index contributed by atoms with van der Waals surface area (Å²) in [5.74, 6) is -1.35.